The van der Waals surface area contributed by atoms with Crippen molar-refractivity contribution in [1.82, 2.24) is 9.66 Å². The smallest absolute Gasteiger partial charge is 0.282 e. The number of nitriles is 1. The van der Waals surface area contributed by atoms with E-state index in [4.69, 9.17) is 19.2 Å². The lowest BCUT2D eigenvalue weighted by atomic mass is 10.2. The summed E-state index contributed by atoms with van der Waals surface area (Å²) in [7, 11) is 1.58. The third kappa shape index (κ3) is 4.27. The van der Waals surface area contributed by atoms with E-state index in [1.54, 1.807) is 49.6 Å². The Morgan fingerprint density at radius 3 is 2.80 bits per heavy atom. The molecule has 5 rings (SSSR count). The second-order valence-corrected chi connectivity index (χ2v) is 8.34. The Labute approximate surface area is 207 Å². The Morgan fingerprint density at radius 1 is 1.11 bits per heavy atom. The summed E-state index contributed by atoms with van der Waals surface area (Å²) in [5, 5.41) is 14.5. The SMILES string of the molecule is COc1cccc2oc(-c3nc4ccccc4c(=O)n3N=Cc3cc(Br)ccc3OCC#N)cc12. The maximum atomic E-state index is 13.5. The van der Waals surface area contributed by atoms with Gasteiger partial charge in [-0.05, 0) is 48.5 Å². The standard InChI is InChI=1S/C26H17BrN4O4/c1-33-22-7-4-8-23-19(22)14-24(35-23)25-30-20-6-3-2-5-18(20)26(32)31(25)29-15-16-13-17(27)9-10-21(16)34-12-11-28/h2-10,13-15H,12H2,1H3. The van der Waals surface area contributed by atoms with Crippen LogP contribution in [0.2, 0.25) is 0 Å². The molecule has 2 aromatic heterocycles. The molecule has 0 aliphatic rings. The maximum Gasteiger partial charge on any atom is 0.282 e. The van der Waals surface area contributed by atoms with Gasteiger partial charge in [-0.3, -0.25) is 4.79 Å². The Bertz CT molecular complexity index is 1700. The van der Waals surface area contributed by atoms with Crippen LogP contribution < -0.4 is 15.0 Å². The van der Waals surface area contributed by atoms with Crippen LogP contribution in [0.25, 0.3) is 33.5 Å². The van der Waals surface area contributed by atoms with Crippen molar-refractivity contribution in [2.75, 3.05) is 13.7 Å². The van der Waals surface area contributed by atoms with Crippen molar-refractivity contribution in [3.8, 4) is 29.2 Å². The number of aromatic nitrogens is 2. The van der Waals surface area contributed by atoms with E-state index in [-0.39, 0.29) is 18.0 Å². The average Bonchev–Trinajstić information content (AvgIpc) is 3.32. The number of benzene rings is 3. The summed E-state index contributed by atoms with van der Waals surface area (Å²) in [6.45, 7) is -0.119. The van der Waals surface area contributed by atoms with Crippen molar-refractivity contribution < 1.29 is 13.9 Å². The second-order valence-electron chi connectivity index (χ2n) is 7.43. The molecule has 0 aliphatic carbocycles. The molecule has 0 bridgehead atoms. The van der Waals surface area contributed by atoms with Crippen LogP contribution in [0.3, 0.4) is 0 Å². The zero-order chi connectivity index (χ0) is 24.4. The molecule has 172 valence electrons. The molecule has 3 aromatic carbocycles. The van der Waals surface area contributed by atoms with Gasteiger partial charge in [0.2, 0.25) is 5.82 Å². The van der Waals surface area contributed by atoms with Crippen LogP contribution in [0, 0.1) is 11.3 Å². The van der Waals surface area contributed by atoms with E-state index in [1.165, 1.54) is 10.9 Å². The number of ether oxygens (including phenoxy) is 2. The fourth-order valence-electron chi connectivity index (χ4n) is 3.69. The van der Waals surface area contributed by atoms with Crippen LogP contribution in [0.4, 0.5) is 0 Å². The van der Waals surface area contributed by atoms with Crippen molar-refractivity contribution in [1.29, 1.82) is 5.26 Å². The van der Waals surface area contributed by atoms with E-state index < -0.39 is 0 Å². The van der Waals surface area contributed by atoms with E-state index >= 15 is 0 Å². The molecule has 0 radical (unpaired) electrons. The quantitative estimate of drug-likeness (QED) is 0.274. The van der Waals surface area contributed by atoms with Crippen molar-refractivity contribution >= 4 is 44.0 Å². The first kappa shape index (κ1) is 22.4. The Kier molecular flexibility index (Phi) is 6.04. The molecule has 0 amide bonds. The average molecular weight is 529 g/mol. The number of nitrogens with zero attached hydrogens (tertiary/aromatic N) is 4. The molecule has 0 N–H and O–H groups in total. The normalized spacial score (nSPS) is 11.2. The predicted molar refractivity (Wildman–Crippen MR) is 136 cm³/mol. The summed E-state index contributed by atoms with van der Waals surface area (Å²) < 4.78 is 19.0. The van der Waals surface area contributed by atoms with Gasteiger partial charge in [-0.2, -0.15) is 15.0 Å². The molecule has 9 heteroatoms. The summed E-state index contributed by atoms with van der Waals surface area (Å²) in [5.74, 6) is 1.69. The lowest BCUT2D eigenvalue weighted by molar-refractivity contribution is 0.367. The van der Waals surface area contributed by atoms with Gasteiger partial charge in [0.1, 0.15) is 23.2 Å². The van der Waals surface area contributed by atoms with Gasteiger partial charge in [0, 0.05) is 10.0 Å². The van der Waals surface area contributed by atoms with Gasteiger partial charge in [-0.25, -0.2) is 4.98 Å². The summed E-state index contributed by atoms with van der Waals surface area (Å²) in [6.07, 6.45) is 1.49. The number of hydrogen-bond donors (Lipinski definition) is 0. The van der Waals surface area contributed by atoms with Crippen molar-refractivity contribution in [3.05, 3.63) is 87.1 Å². The van der Waals surface area contributed by atoms with E-state index in [0.717, 1.165) is 9.86 Å². The molecule has 5 aromatic rings. The summed E-state index contributed by atoms with van der Waals surface area (Å²) in [5.41, 5.74) is 1.33. The van der Waals surface area contributed by atoms with Crippen LogP contribution in [-0.4, -0.2) is 29.6 Å². The number of fused-ring (bicyclic) bond motifs is 2. The van der Waals surface area contributed by atoms with Gasteiger partial charge in [0.15, 0.2) is 12.4 Å². The molecular weight excluding hydrogens is 512 g/mol. The highest BCUT2D eigenvalue weighted by molar-refractivity contribution is 9.10. The molecular formula is C26H17BrN4O4. The first-order valence-corrected chi connectivity index (χ1v) is 11.3. The third-order valence-electron chi connectivity index (χ3n) is 5.29. The molecule has 0 saturated heterocycles. The Hall–Kier alpha value is -4.42. The van der Waals surface area contributed by atoms with Crippen LogP contribution >= 0.6 is 15.9 Å². The van der Waals surface area contributed by atoms with Gasteiger partial charge in [-0.1, -0.05) is 34.1 Å². The fraction of sp³-hybridized carbons (Fsp3) is 0.0769. The second kappa shape index (κ2) is 9.44. The number of halogens is 1. The third-order valence-corrected chi connectivity index (χ3v) is 5.79. The molecule has 8 nitrogen and oxygen atoms in total. The Morgan fingerprint density at radius 2 is 1.97 bits per heavy atom. The van der Waals surface area contributed by atoms with Crippen LogP contribution in [0.15, 0.2) is 85.5 Å². The monoisotopic (exact) mass is 528 g/mol. The van der Waals surface area contributed by atoms with Gasteiger partial charge >= 0.3 is 0 Å². The minimum absolute atomic E-state index is 0.119. The van der Waals surface area contributed by atoms with E-state index in [9.17, 15) is 4.79 Å². The van der Waals surface area contributed by atoms with Crippen molar-refractivity contribution in [2.24, 2.45) is 5.10 Å². The number of para-hydroxylation sites is 1. The van der Waals surface area contributed by atoms with E-state index in [1.807, 2.05) is 30.3 Å². The maximum absolute atomic E-state index is 13.5. The van der Waals surface area contributed by atoms with Crippen molar-refractivity contribution in [2.45, 2.75) is 0 Å². The number of methoxy groups -OCH3 is 1. The summed E-state index contributed by atoms with van der Waals surface area (Å²) in [6, 6.07) is 21.5. The lowest BCUT2D eigenvalue weighted by Gasteiger charge is -2.09. The minimum atomic E-state index is -0.358. The van der Waals surface area contributed by atoms with Gasteiger partial charge in [0.05, 0.1) is 29.6 Å². The van der Waals surface area contributed by atoms with Gasteiger partial charge in [0.25, 0.3) is 5.56 Å². The van der Waals surface area contributed by atoms with Crippen LogP contribution in [-0.2, 0) is 0 Å². The highest BCUT2D eigenvalue weighted by Gasteiger charge is 2.18. The molecule has 0 fully saturated rings. The first-order valence-electron chi connectivity index (χ1n) is 10.5. The molecule has 0 saturated carbocycles. The zero-order valence-electron chi connectivity index (χ0n) is 18.4. The van der Waals surface area contributed by atoms with Gasteiger partial charge in [-0.15, -0.1) is 0 Å². The molecule has 0 atom stereocenters. The molecule has 2 heterocycles. The Balaban J connectivity index is 1.71. The number of furan rings is 1. The number of rotatable bonds is 6. The fourth-order valence-corrected chi connectivity index (χ4v) is 4.07. The van der Waals surface area contributed by atoms with Gasteiger partial charge < -0.3 is 13.9 Å². The minimum Gasteiger partial charge on any atom is -0.496 e. The highest BCUT2D eigenvalue weighted by atomic mass is 79.9. The molecule has 0 aliphatic heterocycles. The van der Waals surface area contributed by atoms with E-state index in [2.05, 4.69) is 26.0 Å². The van der Waals surface area contributed by atoms with Crippen LogP contribution in [0.1, 0.15) is 5.56 Å². The molecule has 0 unspecified atom stereocenters. The highest BCUT2D eigenvalue weighted by Crippen LogP contribution is 2.33. The summed E-state index contributed by atoms with van der Waals surface area (Å²) in [4.78, 5) is 18.2. The largest absolute Gasteiger partial charge is 0.496 e. The zero-order valence-corrected chi connectivity index (χ0v) is 20.0. The molecule has 0 spiro atoms. The van der Waals surface area contributed by atoms with Crippen LogP contribution in [0.5, 0.6) is 11.5 Å². The molecule has 35 heavy (non-hydrogen) atoms. The predicted octanol–water partition coefficient (Wildman–Crippen LogP) is 5.37. The van der Waals surface area contributed by atoms with Crippen molar-refractivity contribution in [3.63, 3.8) is 0 Å². The van der Waals surface area contributed by atoms with E-state index in [0.29, 0.717) is 39.3 Å². The summed E-state index contributed by atoms with van der Waals surface area (Å²) >= 11 is 3.43. The lowest BCUT2D eigenvalue weighted by Crippen LogP contribution is -2.20. The number of hydrogen-bond acceptors (Lipinski definition) is 7. The first-order chi connectivity index (χ1) is 17.1. The topological polar surface area (TPSA) is 103 Å².